The first-order valence-corrected chi connectivity index (χ1v) is 5.02. The molecule has 2 rings (SSSR count). The van der Waals surface area contributed by atoms with Crippen molar-refractivity contribution in [3.8, 4) is 0 Å². The van der Waals surface area contributed by atoms with Gasteiger partial charge >= 0.3 is 0 Å². The zero-order valence-electron chi connectivity index (χ0n) is 8.03. The number of nitrogens with zero attached hydrogens (tertiary/aromatic N) is 1. The number of hydrogen-bond donors (Lipinski definition) is 2. The molecule has 78 valence electrons. The maximum Gasteiger partial charge on any atom is 0.235 e. The lowest BCUT2D eigenvalue weighted by Crippen LogP contribution is -2.40. The number of likely N-dealkylation sites (tertiary alicyclic amines) is 1. The summed E-state index contributed by atoms with van der Waals surface area (Å²) in [6.07, 6.45) is 3.43. The van der Waals surface area contributed by atoms with Gasteiger partial charge < -0.3 is 4.90 Å². The highest BCUT2D eigenvalue weighted by atomic mass is 16.2. The summed E-state index contributed by atoms with van der Waals surface area (Å²) >= 11 is 0. The van der Waals surface area contributed by atoms with E-state index in [9.17, 15) is 9.59 Å². The van der Waals surface area contributed by atoms with Crippen LogP contribution in [0.3, 0.4) is 0 Å². The highest BCUT2D eigenvalue weighted by molar-refractivity contribution is 5.83. The van der Waals surface area contributed by atoms with Gasteiger partial charge in [0.2, 0.25) is 11.8 Å². The van der Waals surface area contributed by atoms with Crippen molar-refractivity contribution in [3.63, 3.8) is 0 Å². The minimum Gasteiger partial charge on any atom is -0.339 e. The van der Waals surface area contributed by atoms with Gasteiger partial charge in [-0.25, -0.2) is 5.84 Å². The number of hydrazine groups is 1. The van der Waals surface area contributed by atoms with Crippen LogP contribution in [0.1, 0.15) is 25.7 Å². The lowest BCUT2D eigenvalue weighted by atomic mass is 10.1. The molecule has 14 heavy (non-hydrogen) atoms. The van der Waals surface area contributed by atoms with Crippen molar-refractivity contribution in [1.82, 2.24) is 10.3 Å². The minimum absolute atomic E-state index is 0.208. The molecule has 3 N–H and O–H groups in total. The Morgan fingerprint density at radius 1 is 1.57 bits per heavy atom. The van der Waals surface area contributed by atoms with E-state index in [1.165, 1.54) is 0 Å². The molecule has 0 aromatic carbocycles. The van der Waals surface area contributed by atoms with E-state index in [2.05, 4.69) is 5.43 Å². The smallest absolute Gasteiger partial charge is 0.235 e. The number of carbonyl (C=O) groups is 2. The van der Waals surface area contributed by atoms with Gasteiger partial charge in [0.15, 0.2) is 0 Å². The first-order chi connectivity index (χ1) is 6.72. The van der Waals surface area contributed by atoms with Crippen molar-refractivity contribution in [3.05, 3.63) is 0 Å². The molecule has 2 atom stereocenters. The molecule has 2 aliphatic rings. The normalized spacial score (nSPS) is 29.8. The van der Waals surface area contributed by atoms with Crippen LogP contribution >= 0.6 is 0 Å². The minimum atomic E-state index is -0.208. The quantitative estimate of drug-likeness (QED) is 0.359. The number of nitrogens with two attached hydrogens (primary N) is 1. The Bertz CT molecular complexity index is 267. The fourth-order valence-electron chi connectivity index (χ4n) is 2.47. The number of fused-ring (bicyclic) bond motifs is 2. The van der Waals surface area contributed by atoms with Gasteiger partial charge in [0, 0.05) is 24.9 Å². The van der Waals surface area contributed by atoms with Crippen molar-refractivity contribution in [1.29, 1.82) is 0 Å². The van der Waals surface area contributed by atoms with Gasteiger partial charge in [0.1, 0.15) is 0 Å². The summed E-state index contributed by atoms with van der Waals surface area (Å²) in [5.41, 5.74) is 2.07. The van der Waals surface area contributed by atoms with Crippen molar-refractivity contribution < 1.29 is 9.59 Å². The third-order valence-corrected chi connectivity index (χ3v) is 3.22. The first-order valence-electron chi connectivity index (χ1n) is 5.02. The maximum absolute atomic E-state index is 11.6. The standard InChI is InChI=1S/C9H15N3O2/c10-11-8(13)3-4-12-7-2-1-6(5-7)9(12)14/h6-7H,1-5,10H2,(H,11,13). The zero-order valence-corrected chi connectivity index (χ0v) is 8.03. The molecule has 0 aromatic heterocycles. The molecule has 1 heterocycles. The Balaban J connectivity index is 1.87. The SMILES string of the molecule is NNC(=O)CCN1C(=O)C2CCC1C2. The summed E-state index contributed by atoms with van der Waals surface area (Å²) in [4.78, 5) is 24.4. The first kappa shape index (κ1) is 9.45. The molecular weight excluding hydrogens is 182 g/mol. The average Bonchev–Trinajstić information content (AvgIpc) is 2.75. The second-order valence-electron chi connectivity index (χ2n) is 4.01. The molecule has 1 saturated heterocycles. The molecule has 1 aliphatic carbocycles. The fraction of sp³-hybridized carbons (Fsp3) is 0.778. The van der Waals surface area contributed by atoms with E-state index in [1.807, 2.05) is 4.90 Å². The van der Waals surface area contributed by atoms with E-state index in [-0.39, 0.29) is 17.7 Å². The third-order valence-electron chi connectivity index (χ3n) is 3.22. The molecule has 5 heteroatoms. The van der Waals surface area contributed by atoms with Gasteiger partial charge in [-0.3, -0.25) is 15.0 Å². The second kappa shape index (κ2) is 3.57. The lowest BCUT2D eigenvalue weighted by Gasteiger charge is -2.26. The van der Waals surface area contributed by atoms with E-state index in [0.29, 0.717) is 19.0 Å². The van der Waals surface area contributed by atoms with Gasteiger partial charge in [-0.2, -0.15) is 0 Å². The Hall–Kier alpha value is -1.10. The van der Waals surface area contributed by atoms with Crippen LogP contribution in [0.15, 0.2) is 0 Å². The molecule has 2 fully saturated rings. The molecule has 2 amide bonds. The van der Waals surface area contributed by atoms with Crippen LogP contribution in [0, 0.1) is 5.92 Å². The predicted molar refractivity (Wildman–Crippen MR) is 49.8 cm³/mol. The van der Waals surface area contributed by atoms with Crippen LogP contribution in [0.5, 0.6) is 0 Å². The number of carbonyl (C=O) groups excluding carboxylic acids is 2. The Morgan fingerprint density at radius 2 is 2.36 bits per heavy atom. The second-order valence-corrected chi connectivity index (χ2v) is 4.01. The molecular formula is C9H15N3O2. The number of hydrogen-bond acceptors (Lipinski definition) is 3. The van der Waals surface area contributed by atoms with Crippen molar-refractivity contribution in [2.24, 2.45) is 11.8 Å². The van der Waals surface area contributed by atoms with Gasteiger partial charge in [0.05, 0.1) is 0 Å². The van der Waals surface area contributed by atoms with Crippen molar-refractivity contribution >= 4 is 11.8 Å². The lowest BCUT2D eigenvalue weighted by molar-refractivity contribution is -0.134. The molecule has 5 nitrogen and oxygen atoms in total. The maximum atomic E-state index is 11.6. The highest BCUT2D eigenvalue weighted by Crippen LogP contribution is 2.38. The molecule has 2 unspecified atom stereocenters. The van der Waals surface area contributed by atoms with E-state index < -0.39 is 0 Å². The molecule has 1 aliphatic heterocycles. The summed E-state index contributed by atoms with van der Waals surface area (Å²) in [6, 6.07) is 0.387. The van der Waals surface area contributed by atoms with Gasteiger partial charge in [-0.1, -0.05) is 0 Å². The van der Waals surface area contributed by atoms with Crippen LogP contribution in [0.25, 0.3) is 0 Å². The van der Waals surface area contributed by atoms with Crippen LogP contribution in [-0.4, -0.2) is 29.3 Å². The average molecular weight is 197 g/mol. The Morgan fingerprint density at radius 3 is 2.93 bits per heavy atom. The monoisotopic (exact) mass is 197 g/mol. The molecule has 1 saturated carbocycles. The van der Waals surface area contributed by atoms with Crippen molar-refractivity contribution in [2.45, 2.75) is 31.7 Å². The number of piperidine rings is 1. The van der Waals surface area contributed by atoms with E-state index >= 15 is 0 Å². The third kappa shape index (κ3) is 1.48. The summed E-state index contributed by atoms with van der Waals surface area (Å²) in [5, 5.41) is 0. The number of nitrogens with one attached hydrogen (secondary N) is 1. The number of rotatable bonds is 3. The molecule has 2 bridgehead atoms. The molecule has 0 aromatic rings. The van der Waals surface area contributed by atoms with Crippen molar-refractivity contribution in [2.75, 3.05) is 6.54 Å². The van der Waals surface area contributed by atoms with Crippen LogP contribution in [0.2, 0.25) is 0 Å². The summed E-state index contributed by atoms with van der Waals surface area (Å²) in [5.74, 6) is 5.22. The largest absolute Gasteiger partial charge is 0.339 e. The topological polar surface area (TPSA) is 75.4 Å². The predicted octanol–water partition coefficient (Wildman–Crippen LogP) is -0.623. The van der Waals surface area contributed by atoms with Gasteiger partial charge in [-0.15, -0.1) is 0 Å². The summed E-state index contributed by atoms with van der Waals surface area (Å²) in [7, 11) is 0. The van der Waals surface area contributed by atoms with Crippen LogP contribution in [0.4, 0.5) is 0 Å². The van der Waals surface area contributed by atoms with E-state index in [1.54, 1.807) is 0 Å². The highest BCUT2D eigenvalue weighted by Gasteiger charge is 2.44. The Kier molecular flexibility index (Phi) is 2.41. The van der Waals surface area contributed by atoms with Gasteiger partial charge in [0.25, 0.3) is 0 Å². The summed E-state index contributed by atoms with van der Waals surface area (Å²) in [6.45, 7) is 0.517. The Labute approximate surface area is 82.6 Å². The molecule has 0 radical (unpaired) electrons. The fourth-order valence-corrected chi connectivity index (χ4v) is 2.47. The zero-order chi connectivity index (χ0) is 10.1. The summed E-state index contributed by atoms with van der Waals surface area (Å²) < 4.78 is 0. The van der Waals surface area contributed by atoms with Crippen LogP contribution < -0.4 is 11.3 Å². The van der Waals surface area contributed by atoms with E-state index in [0.717, 1.165) is 19.3 Å². The number of amides is 2. The van der Waals surface area contributed by atoms with E-state index in [4.69, 9.17) is 5.84 Å². The van der Waals surface area contributed by atoms with Gasteiger partial charge in [-0.05, 0) is 19.3 Å². The van der Waals surface area contributed by atoms with Crippen LogP contribution in [-0.2, 0) is 9.59 Å². The molecule has 0 spiro atoms.